The number of rotatable bonds is 3. The van der Waals surface area contributed by atoms with Crippen molar-refractivity contribution in [2.75, 3.05) is 36.6 Å². The molecule has 0 saturated carbocycles. The van der Waals surface area contributed by atoms with E-state index in [9.17, 15) is 9.32 Å². The number of nitrogens with zero attached hydrogens (tertiary/aromatic N) is 1. The molecular formula is C13H19NO3S. The lowest BCUT2D eigenvalue weighted by molar-refractivity contribution is 0.194. The molecule has 1 aliphatic rings. The molecule has 18 heavy (non-hydrogen) atoms. The Balaban J connectivity index is 2.34. The maximum atomic E-state index is 11.4. The Morgan fingerprint density at radius 3 is 2.61 bits per heavy atom. The van der Waals surface area contributed by atoms with Crippen LogP contribution in [0.3, 0.4) is 0 Å². The van der Waals surface area contributed by atoms with Gasteiger partial charge in [0.25, 0.3) is 0 Å². The summed E-state index contributed by atoms with van der Waals surface area (Å²) in [7, 11) is 0.913. The molecular weight excluding hydrogens is 250 g/mol. The van der Waals surface area contributed by atoms with Crippen molar-refractivity contribution in [2.24, 2.45) is 0 Å². The predicted molar refractivity (Wildman–Crippen MR) is 73.7 cm³/mol. The van der Waals surface area contributed by atoms with Gasteiger partial charge in [-0.2, -0.15) is 0 Å². The topological polar surface area (TPSA) is 49.8 Å². The summed E-state index contributed by atoms with van der Waals surface area (Å²) in [6, 6.07) is 5.76. The van der Waals surface area contributed by atoms with Crippen LogP contribution in [-0.4, -0.2) is 41.0 Å². The normalized spacial score (nSPS) is 18.7. The molecule has 4 nitrogen and oxygen atoms in total. The van der Waals surface area contributed by atoms with Gasteiger partial charge in [-0.1, -0.05) is 6.07 Å². The molecule has 0 spiro atoms. The van der Waals surface area contributed by atoms with Crippen molar-refractivity contribution in [2.45, 2.75) is 13.0 Å². The van der Waals surface area contributed by atoms with Crippen molar-refractivity contribution in [1.82, 2.24) is 0 Å². The van der Waals surface area contributed by atoms with Gasteiger partial charge in [0.1, 0.15) is 5.75 Å². The van der Waals surface area contributed by atoms with Gasteiger partial charge < -0.3 is 14.7 Å². The van der Waals surface area contributed by atoms with Gasteiger partial charge in [-0.25, -0.2) is 0 Å². The van der Waals surface area contributed by atoms with Crippen molar-refractivity contribution in [3.05, 3.63) is 23.8 Å². The summed E-state index contributed by atoms with van der Waals surface area (Å²) in [5.74, 6) is 2.08. The van der Waals surface area contributed by atoms with Gasteiger partial charge in [0.05, 0.1) is 13.2 Å². The zero-order valence-electron chi connectivity index (χ0n) is 10.8. The third kappa shape index (κ3) is 2.67. The molecule has 0 amide bonds. The van der Waals surface area contributed by atoms with Gasteiger partial charge in [-0.05, 0) is 19.1 Å². The summed E-state index contributed by atoms with van der Waals surface area (Å²) in [5.41, 5.74) is 1.80. The summed E-state index contributed by atoms with van der Waals surface area (Å²) in [6.07, 6.45) is -0.580. The molecule has 1 N–H and O–H groups in total. The van der Waals surface area contributed by atoms with E-state index in [1.54, 1.807) is 14.0 Å². The standard InChI is InChI=1S/C13H19NO3S/c1-10(15)13-11(4-3-5-12(13)17-2)14-6-8-18(16)9-7-14/h3-5,10,15H,6-9H2,1-2H3. The van der Waals surface area contributed by atoms with Crippen molar-refractivity contribution in [1.29, 1.82) is 0 Å². The Bertz CT molecular complexity index is 438. The SMILES string of the molecule is COc1cccc(N2CCS(=O)CC2)c1C(C)O. The van der Waals surface area contributed by atoms with Crippen LogP contribution in [0, 0.1) is 0 Å². The summed E-state index contributed by atoms with van der Waals surface area (Å²) >= 11 is 0. The fourth-order valence-corrected chi connectivity index (χ4v) is 3.34. The number of ether oxygens (including phenoxy) is 1. The second-order valence-corrected chi connectivity index (χ2v) is 6.10. The highest BCUT2D eigenvalue weighted by atomic mass is 32.2. The average Bonchev–Trinajstić information content (AvgIpc) is 2.38. The van der Waals surface area contributed by atoms with E-state index in [1.807, 2.05) is 18.2 Å². The molecule has 1 aromatic carbocycles. The minimum absolute atomic E-state index is 0.580. The molecule has 5 heteroatoms. The first-order chi connectivity index (χ1) is 8.63. The van der Waals surface area contributed by atoms with Crippen molar-refractivity contribution < 1.29 is 14.1 Å². The summed E-state index contributed by atoms with van der Waals surface area (Å²) in [6.45, 7) is 3.27. The molecule has 1 unspecified atom stereocenters. The molecule has 1 atom stereocenters. The summed E-state index contributed by atoms with van der Waals surface area (Å²) in [5, 5.41) is 9.93. The lowest BCUT2D eigenvalue weighted by Crippen LogP contribution is -2.38. The monoisotopic (exact) mass is 269 g/mol. The molecule has 0 bridgehead atoms. The number of methoxy groups -OCH3 is 1. The second-order valence-electron chi connectivity index (χ2n) is 4.40. The van der Waals surface area contributed by atoms with E-state index >= 15 is 0 Å². The zero-order chi connectivity index (χ0) is 13.1. The molecule has 1 heterocycles. The van der Waals surface area contributed by atoms with E-state index in [4.69, 9.17) is 4.74 Å². The highest BCUT2D eigenvalue weighted by Crippen LogP contribution is 2.34. The molecule has 1 saturated heterocycles. The van der Waals surface area contributed by atoms with Crippen LogP contribution in [0.4, 0.5) is 5.69 Å². The molecule has 1 fully saturated rings. The minimum Gasteiger partial charge on any atom is -0.496 e. The van der Waals surface area contributed by atoms with E-state index in [-0.39, 0.29) is 0 Å². The quantitative estimate of drug-likeness (QED) is 0.899. The Kier molecular flexibility index (Phi) is 4.24. The smallest absolute Gasteiger partial charge is 0.126 e. The van der Waals surface area contributed by atoms with Crippen LogP contribution in [0.15, 0.2) is 18.2 Å². The van der Waals surface area contributed by atoms with E-state index in [1.165, 1.54) is 0 Å². The Morgan fingerprint density at radius 2 is 2.06 bits per heavy atom. The van der Waals surface area contributed by atoms with Crippen LogP contribution < -0.4 is 9.64 Å². The number of hydrogen-bond donors (Lipinski definition) is 1. The molecule has 0 aromatic heterocycles. The van der Waals surface area contributed by atoms with Crippen LogP contribution >= 0.6 is 0 Å². The highest BCUT2D eigenvalue weighted by Gasteiger charge is 2.21. The number of aliphatic hydroxyl groups is 1. The van der Waals surface area contributed by atoms with Gasteiger partial charge in [0, 0.05) is 46.6 Å². The first kappa shape index (κ1) is 13.4. The van der Waals surface area contributed by atoms with Crippen LogP contribution in [0.2, 0.25) is 0 Å². The van der Waals surface area contributed by atoms with Gasteiger partial charge in [-0.3, -0.25) is 4.21 Å². The maximum absolute atomic E-state index is 11.4. The number of aliphatic hydroxyl groups excluding tert-OH is 1. The third-order valence-corrected chi connectivity index (χ3v) is 4.48. The summed E-state index contributed by atoms with van der Waals surface area (Å²) in [4.78, 5) is 2.17. The zero-order valence-corrected chi connectivity index (χ0v) is 11.6. The predicted octanol–water partition coefficient (Wildman–Crippen LogP) is 1.32. The van der Waals surface area contributed by atoms with Crippen LogP contribution in [-0.2, 0) is 10.8 Å². The lowest BCUT2D eigenvalue weighted by atomic mass is 10.1. The Morgan fingerprint density at radius 1 is 1.39 bits per heavy atom. The Hall–Kier alpha value is -1.07. The van der Waals surface area contributed by atoms with Gasteiger partial charge in [-0.15, -0.1) is 0 Å². The molecule has 1 aromatic rings. The molecule has 0 aliphatic carbocycles. The number of anilines is 1. The van der Waals surface area contributed by atoms with Gasteiger partial charge in [0.15, 0.2) is 0 Å². The average molecular weight is 269 g/mol. The van der Waals surface area contributed by atoms with E-state index in [2.05, 4.69) is 4.90 Å². The molecule has 100 valence electrons. The van der Waals surface area contributed by atoms with Crippen LogP contribution in [0.1, 0.15) is 18.6 Å². The van der Waals surface area contributed by atoms with E-state index < -0.39 is 16.9 Å². The molecule has 2 rings (SSSR count). The molecule has 1 aliphatic heterocycles. The number of hydrogen-bond acceptors (Lipinski definition) is 4. The fraction of sp³-hybridized carbons (Fsp3) is 0.538. The van der Waals surface area contributed by atoms with Crippen LogP contribution in [0.5, 0.6) is 5.75 Å². The van der Waals surface area contributed by atoms with Crippen molar-refractivity contribution >= 4 is 16.5 Å². The highest BCUT2D eigenvalue weighted by molar-refractivity contribution is 7.85. The Labute approximate surface area is 110 Å². The molecule has 0 radical (unpaired) electrons. The number of benzene rings is 1. The van der Waals surface area contributed by atoms with Crippen LogP contribution in [0.25, 0.3) is 0 Å². The maximum Gasteiger partial charge on any atom is 0.126 e. The van der Waals surface area contributed by atoms with Crippen molar-refractivity contribution in [3.63, 3.8) is 0 Å². The fourth-order valence-electron chi connectivity index (χ4n) is 2.28. The van der Waals surface area contributed by atoms with E-state index in [0.717, 1.165) is 24.3 Å². The first-order valence-electron chi connectivity index (χ1n) is 6.08. The first-order valence-corrected chi connectivity index (χ1v) is 7.57. The lowest BCUT2D eigenvalue weighted by Gasteiger charge is -2.31. The third-order valence-electron chi connectivity index (χ3n) is 3.20. The van der Waals surface area contributed by atoms with Crippen molar-refractivity contribution in [3.8, 4) is 5.75 Å². The minimum atomic E-state index is -0.695. The van der Waals surface area contributed by atoms with E-state index in [0.29, 0.717) is 17.3 Å². The second kappa shape index (κ2) is 5.71. The van der Waals surface area contributed by atoms with Gasteiger partial charge in [0.2, 0.25) is 0 Å². The largest absolute Gasteiger partial charge is 0.496 e. The summed E-state index contributed by atoms with van der Waals surface area (Å²) < 4.78 is 16.7. The van der Waals surface area contributed by atoms with Gasteiger partial charge >= 0.3 is 0 Å².